The van der Waals surface area contributed by atoms with Gasteiger partial charge < -0.3 is 10.6 Å². The molecule has 1 aliphatic rings. The van der Waals surface area contributed by atoms with Gasteiger partial charge in [0.05, 0.1) is 0 Å². The minimum absolute atomic E-state index is 0.313. The van der Waals surface area contributed by atoms with Crippen LogP contribution in [0.4, 0.5) is 11.6 Å². The highest BCUT2D eigenvalue weighted by Crippen LogP contribution is 2.27. The third kappa shape index (κ3) is 3.17. The Hall–Kier alpha value is -1.32. The molecule has 0 saturated carbocycles. The van der Waals surface area contributed by atoms with Crippen LogP contribution in [-0.4, -0.2) is 23.1 Å². The maximum Gasteiger partial charge on any atom is 0.137 e. The van der Waals surface area contributed by atoms with Crippen LogP contribution in [0.25, 0.3) is 0 Å². The van der Waals surface area contributed by atoms with E-state index in [0.717, 1.165) is 36.2 Å². The predicted molar refractivity (Wildman–Crippen MR) is 80.5 cm³/mol. The Bertz CT molecular complexity index is 442. The molecule has 2 N–H and O–H groups in total. The summed E-state index contributed by atoms with van der Waals surface area (Å²) in [5.74, 6) is 3.66. The minimum atomic E-state index is 0.313. The van der Waals surface area contributed by atoms with E-state index in [1.807, 2.05) is 6.92 Å². The van der Waals surface area contributed by atoms with Gasteiger partial charge in [0.15, 0.2) is 0 Å². The zero-order chi connectivity index (χ0) is 14.0. The van der Waals surface area contributed by atoms with Crippen LogP contribution in [0.2, 0.25) is 0 Å². The molecular formula is C15H26N4. The summed E-state index contributed by atoms with van der Waals surface area (Å²) in [6.07, 6.45) is 3.79. The molecular weight excluding hydrogens is 236 g/mol. The monoisotopic (exact) mass is 262 g/mol. The highest BCUT2D eigenvalue weighted by molar-refractivity contribution is 5.56. The average Bonchev–Trinajstić information content (AvgIpc) is 2.57. The first-order valence-corrected chi connectivity index (χ1v) is 7.38. The van der Waals surface area contributed by atoms with Gasteiger partial charge in [-0.1, -0.05) is 20.8 Å². The van der Waals surface area contributed by atoms with Crippen molar-refractivity contribution in [2.24, 2.45) is 5.92 Å². The predicted octanol–water partition coefficient (Wildman–Crippen LogP) is 3.12. The topological polar surface area (TPSA) is 55.0 Å². The van der Waals surface area contributed by atoms with E-state index in [9.17, 15) is 0 Å². The van der Waals surface area contributed by atoms with Crippen molar-refractivity contribution in [1.29, 1.82) is 0 Å². The van der Waals surface area contributed by atoms with Gasteiger partial charge in [-0.15, -0.1) is 0 Å². The van der Waals surface area contributed by atoms with Crippen molar-refractivity contribution in [3.05, 3.63) is 11.4 Å². The molecule has 19 heavy (non-hydrogen) atoms. The van der Waals surface area contributed by atoms with Crippen molar-refractivity contribution in [2.45, 2.75) is 52.9 Å². The summed E-state index contributed by atoms with van der Waals surface area (Å²) in [4.78, 5) is 11.6. The number of rotatable bonds is 2. The van der Waals surface area contributed by atoms with Crippen LogP contribution in [0, 0.1) is 12.8 Å². The first kappa shape index (κ1) is 14.1. The van der Waals surface area contributed by atoms with Gasteiger partial charge in [0.2, 0.25) is 0 Å². The molecule has 1 aromatic rings. The number of aromatic nitrogens is 2. The molecule has 0 radical (unpaired) electrons. The number of nitrogen functional groups attached to an aromatic ring is 1. The van der Waals surface area contributed by atoms with Crippen LogP contribution in [0.3, 0.4) is 0 Å². The van der Waals surface area contributed by atoms with Crippen LogP contribution >= 0.6 is 0 Å². The first-order valence-electron chi connectivity index (χ1n) is 7.38. The van der Waals surface area contributed by atoms with Gasteiger partial charge in [-0.3, -0.25) is 0 Å². The van der Waals surface area contributed by atoms with Gasteiger partial charge >= 0.3 is 0 Å². The molecule has 1 fully saturated rings. The van der Waals surface area contributed by atoms with E-state index >= 15 is 0 Å². The summed E-state index contributed by atoms with van der Waals surface area (Å²) in [6.45, 7) is 10.7. The Morgan fingerprint density at radius 3 is 2.63 bits per heavy atom. The smallest absolute Gasteiger partial charge is 0.137 e. The summed E-state index contributed by atoms with van der Waals surface area (Å²) in [5.41, 5.74) is 7.08. The maximum absolute atomic E-state index is 6.05. The van der Waals surface area contributed by atoms with E-state index in [4.69, 9.17) is 10.7 Å². The molecule has 1 aliphatic heterocycles. The molecule has 0 bridgehead atoms. The van der Waals surface area contributed by atoms with Crippen LogP contribution in [0.1, 0.15) is 57.3 Å². The van der Waals surface area contributed by atoms with Gasteiger partial charge in [0.1, 0.15) is 17.5 Å². The van der Waals surface area contributed by atoms with E-state index in [1.165, 1.54) is 19.3 Å². The van der Waals surface area contributed by atoms with Gasteiger partial charge in [0.25, 0.3) is 0 Å². The molecule has 2 rings (SSSR count). The zero-order valence-electron chi connectivity index (χ0n) is 12.6. The fraction of sp³-hybridized carbons (Fsp3) is 0.733. The molecule has 0 amide bonds. The van der Waals surface area contributed by atoms with Crippen LogP contribution in [-0.2, 0) is 0 Å². The van der Waals surface area contributed by atoms with Gasteiger partial charge in [-0.2, -0.15) is 0 Å². The molecule has 106 valence electrons. The lowest BCUT2D eigenvalue weighted by molar-refractivity contribution is 0.521. The lowest BCUT2D eigenvalue weighted by atomic mass is 10.0. The maximum atomic E-state index is 6.05. The van der Waals surface area contributed by atoms with E-state index in [-0.39, 0.29) is 0 Å². The normalized spacial score (nSPS) is 20.7. The molecule has 1 aromatic heterocycles. The molecule has 0 spiro atoms. The summed E-state index contributed by atoms with van der Waals surface area (Å²) in [7, 11) is 0. The number of anilines is 2. The Morgan fingerprint density at radius 1 is 1.21 bits per heavy atom. The Labute approximate surface area is 116 Å². The van der Waals surface area contributed by atoms with Crippen molar-refractivity contribution in [3.63, 3.8) is 0 Å². The molecule has 1 saturated heterocycles. The Balaban J connectivity index is 2.32. The second-order valence-corrected chi connectivity index (χ2v) is 6.09. The molecule has 2 heterocycles. The number of nitrogens with zero attached hydrogens (tertiary/aromatic N) is 3. The quantitative estimate of drug-likeness (QED) is 0.889. The number of hydrogen-bond donors (Lipinski definition) is 1. The van der Waals surface area contributed by atoms with Crippen LogP contribution < -0.4 is 10.6 Å². The van der Waals surface area contributed by atoms with Crippen molar-refractivity contribution in [3.8, 4) is 0 Å². The fourth-order valence-electron chi connectivity index (χ4n) is 2.58. The molecule has 4 heteroatoms. The largest absolute Gasteiger partial charge is 0.383 e. The third-order valence-corrected chi connectivity index (χ3v) is 4.01. The van der Waals surface area contributed by atoms with Crippen molar-refractivity contribution < 1.29 is 0 Å². The number of nitrogens with two attached hydrogens (primary N) is 1. The van der Waals surface area contributed by atoms with Crippen LogP contribution in [0.15, 0.2) is 0 Å². The second-order valence-electron chi connectivity index (χ2n) is 6.09. The Kier molecular flexibility index (Phi) is 4.27. The highest BCUT2D eigenvalue weighted by atomic mass is 15.2. The number of hydrogen-bond acceptors (Lipinski definition) is 4. The molecule has 4 nitrogen and oxygen atoms in total. The molecule has 1 unspecified atom stereocenters. The minimum Gasteiger partial charge on any atom is -0.383 e. The van der Waals surface area contributed by atoms with Crippen molar-refractivity contribution >= 4 is 11.6 Å². The van der Waals surface area contributed by atoms with Gasteiger partial charge in [0, 0.05) is 24.6 Å². The third-order valence-electron chi connectivity index (χ3n) is 4.01. The summed E-state index contributed by atoms with van der Waals surface area (Å²) < 4.78 is 0. The van der Waals surface area contributed by atoms with Gasteiger partial charge in [-0.05, 0) is 32.1 Å². The van der Waals surface area contributed by atoms with E-state index in [0.29, 0.717) is 11.7 Å². The molecule has 1 atom stereocenters. The zero-order valence-corrected chi connectivity index (χ0v) is 12.6. The average molecular weight is 262 g/mol. The summed E-state index contributed by atoms with van der Waals surface area (Å²) in [6, 6.07) is 0. The fourth-order valence-corrected chi connectivity index (χ4v) is 2.58. The Morgan fingerprint density at radius 2 is 1.95 bits per heavy atom. The van der Waals surface area contributed by atoms with E-state index < -0.39 is 0 Å². The lowest BCUT2D eigenvalue weighted by Gasteiger charge is -2.25. The van der Waals surface area contributed by atoms with E-state index in [1.54, 1.807) is 0 Å². The lowest BCUT2D eigenvalue weighted by Crippen LogP contribution is -2.27. The molecule has 0 aromatic carbocycles. The van der Waals surface area contributed by atoms with Crippen molar-refractivity contribution in [1.82, 2.24) is 9.97 Å². The van der Waals surface area contributed by atoms with Gasteiger partial charge in [-0.25, -0.2) is 9.97 Å². The second kappa shape index (κ2) is 5.76. The SMILES string of the molecule is Cc1c(N)nc(C(C)C)nc1N1CCCC(C)CC1. The van der Waals surface area contributed by atoms with Crippen LogP contribution in [0.5, 0.6) is 0 Å². The molecule has 0 aliphatic carbocycles. The first-order chi connectivity index (χ1) is 8.99. The summed E-state index contributed by atoms with van der Waals surface area (Å²) >= 11 is 0. The van der Waals surface area contributed by atoms with E-state index in [2.05, 4.69) is 30.7 Å². The highest BCUT2D eigenvalue weighted by Gasteiger charge is 2.19. The van der Waals surface area contributed by atoms with Crippen molar-refractivity contribution in [2.75, 3.05) is 23.7 Å². The standard InChI is InChI=1S/C15H26N4/c1-10(2)14-17-13(16)12(4)15(18-14)19-8-5-6-11(3)7-9-19/h10-11H,5-9H2,1-4H3,(H2,16,17,18). The summed E-state index contributed by atoms with van der Waals surface area (Å²) in [5, 5.41) is 0.